The first kappa shape index (κ1) is 17.5. The van der Waals surface area contributed by atoms with Gasteiger partial charge in [-0.05, 0) is 51.0 Å². The summed E-state index contributed by atoms with van der Waals surface area (Å²) in [5.74, 6) is 1.66. The molecule has 2 rings (SSSR count). The molecule has 0 aromatic carbocycles. The van der Waals surface area contributed by atoms with Crippen molar-refractivity contribution in [1.29, 1.82) is 0 Å². The molecule has 1 fully saturated rings. The molecular formula is C17H28N4O2. The van der Waals surface area contributed by atoms with Crippen LogP contribution in [0.15, 0.2) is 6.07 Å². The number of aromatic nitrogens is 1. The molecule has 23 heavy (non-hydrogen) atoms. The van der Waals surface area contributed by atoms with Gasteiger partial charge in [0.15, 0.2) is 0 Å². The summed E-state index contributed by atoms with van der Waals surface area (Å²) in [6, 6.07) is 1.86. The number of piperidine rings is 1. The Morgan fingerprint density at radius 3 is 2.87 bits per heavy atom. The zero-order valence-corrected chi connectivity index (χ0v) is 14.6. The quantitative estimate of drug-likeness (QED) is 0.634. The molecule has 1 unspecified atom stereocenters. The van der Waals surface area contributed by atoms with Crippen LogP contribution in [0.2, 0.25) is 0 Å². The molecule has 0 saturated carbocycles. The molecule has 1 aliphatic rings. The van der Waals surface area contributed by atoms with Crippen LogP contribution in [0.25, 0.3) is 0 Å². The van der Waals surface area contributed by atoms with Crippen LogP contribution in [0.4, 0.5) is 17.2 Å². The molecule has 0 bridgehead atoms. The summed E-state index contributed by atoms with van der Waals surface area (Å²) in [5.41, 5.74) is 1.64. The Kier molecular flexibility index (Phi) is 5.80. The van der Waals surface area contributed by atoms with E-state index >= 15 is 0 Å². The highest BCUT2D eigenvalue weighted by atomic mass is 16.6. The molecule has 1 atom stereocenters. The predicted molar refractivity (Wildman–Crippen MR) is 94.2 cm³/mol. The van der Waals surface area contributed by atoms with Gasteiger partial charge in [-0.15, -0.1) is 0 Å². The topological polar surface area (TPSA) is 71.3 Å². The number of hydrogen-bond acceptors (Lipinski definition) is 5. The summed E-state index contributed by atoms with van der Waals surface area (Å²) < 4.78 is 0. The Bertz CT molecular complexity index is 560. The first-order valence-corrected chi connectivity index (χ1v) is 8.57. The van der Waals surface area contributed by atoms with Crippen molar-refractivity contribution in [3.05, 3.63) is 21.9 Å². The zero-order chi connectivity index (χ0) is 17.0. The third-order valence-electron chi connectivity index (χ3n) is 4.29. The van der Waals surface area contributed by atoms with Gasteiger partial charge in [0.25, 0.3) is 0 Å². The van der Waals surface area contributed by atoms with Gasteiger partial charge in [-0.2, -0.15) is 0 Å². The molecule has 6 nitrogen and oxygen atoms in total. The second kappa shape index (κ2) is 7.62. The zero-order valence-electron chi connectivity index (χ0n) is 14.6. The standard InChI is InChI=1S/C17H28N4O2/c1-5-18-17-16(21(22)23)15(10-13(4)19-17)20-8-6-7-14(11-20)9-12(2)3/h10,12,14H,5-9,11H2,1-4H3,(H,18,19). The minimum atomic E-state index is -0.300. The Morgan fingerprint density at radius 1 is 1.52 bits per heavy atom. The predicted octanol–water partition coefficient (Wildman–Crippen LogP) is 3.99. The fourth-order valence-electron chi connectivity index (χ4n) is 3.50. The molecule has 2 heterocycles. The van der Waals surface area contributed by atoms with Gasteiger partial charge in [0.05, 0.1) is 4.92 Å². The van der Waals surface area contributed by atoms with E-state index in [2.05, 4.69) is 29.0 Å². The van der Waals surface area contributed by atoms with Crippen LogP contribution in [-0.2, 0) is 0 Å². The van der Waals surface area contributed by atoms with Gasteiger partial charge in [-0.25, -0.2) is 4.98 Å². The Morgan fingerprint density at radius 2 is 2.26 bits per heavy atom. The summed E-state index contributed by atoms with van der Waals surface area (Å²) in [4.78, 5) is 17.8. The van der Waals surface area contributed by atoms with Crippen LogP contribution >= 0.6 is 0 Å². The lowest BCUT2D eigenvalue weighted by atomic mass is 9.89. The van der Waals surface area contributed by atoms with Gasteiger partial charge in [0.2, 0.25) is 5.82 Å². The van der Waals surface area contributed by atoms with Crippen LogP contribution in [0.1, 0.15) is 45.7 Å². The molecule has 0 amide bonds. The third kappa shape index (κ3) is 4.33. The molecule has 1 N–H and O–H groups in total. The maximum Gasteiger partial charge on any atom is 0.334 e. The lowest BCUT2D eigenvalue weighted by molar-refractivity contribution is -0.383. The summed E-state index contributed by atoms with van der Waals surface area (Å²) >= 11 is 0. The number of hydrogen-bond donors (Lipinski definition) is 1. The monoisotopic (exact) mass is 320 g/mol. The molecule has 1 aromatic rings. The van der Waals surface area contributed by atoms with Crippen molar-refractivity contribution >= 4 is 17.2 Å². The lowest BCUT2D eigenvalue weighted by Crippen LogP contribution is -2.36. The number of nitrogens with zero attached hydrogens (tertiary/aromatic N) is 3. The van der Waals surface area contributed by atoms with Crippen molar-refractivity contribution < 1.29 is 4.92 Å². The molecule has 1 aliphatic heterocycles. The normalized spacial score (nSPS) is 18.3. The van der Waals surface area contributed by atoms with Gasteiger partial charge in [0, 0.05) is 25.3 Å². The first-order valence-electron chi connectivity index (χ1n) is 8.57. The summed E-state index contributed by atoms with van der Waals surface area (Å²) in [6.45, 7) is 10.7. The number of aryl methyl sites for hydroxylation is 1. The highest BCUT2D eigenvalue weighted by molar-refractivity contribution is 5.74. The van der Waals surface area contributed by atoms with Crippen molar-refractivity contribution in [2.45, 2.75) is 47.0 Å². The van der Waals surface area contributed by atoms with E-state index < -0.39 is 0 Å². The number of nitrogens with one attached hydrogen (secondary N) is 1. The van der Waals surface area contributed by atoms with Crippen molar-refractivity contribution in [2.75, 3.05) is 29.9 Å². The van der Waals surface area contributed by atoms with E-state index in [1.807, 2.05) is 19.9 Å². The molecule has 6 heteroatoms. The molecule has 0 spiro atoms. The smallest absolute Gasteiger partial charge is 0.334 e. The second-order valence-electron chi connectivity index (χ2n) is 6.85. The van der Waals surface area contributed by atoms with Crippen molar-refractivity contribution in [3.8, 4) is 0 Å². The van der Waals surface area contributed by atoms with Crippen LogP contribution in [0.5, 0.6) is 0 Å². The Balaban J connectivity index is 2.35. The SMILES string of the molecule is CCNc1nc(C)cc(N2CCCC(CC(C)C)C2)c1[N+](=O)[O-]. The average Bonchev–Trinajstić information content (AvgIpc) is 2.46. The van der Waals surface area contributed by atoms with E-state index in [1.165, 1.54) is 12.8 Å². The van der Waals surface area contributed by atoms with Crippen molar-refractivity contribution in [2.24, 2.45) is 11.8 Å². The first-order chi connectivity index (χ1) is 10.9. The van der Waals surface area contributed by atoms with E-state index in [4.69, 9.17) is 0 Å². The van der Waals surface area contributed by atoms with Crippen LogP contribution in [-0.4, -0.2) is 29.5 Å². The number of nitro groups is 1. The summed E-state index contributed by atoms with van der Waals surface area (Å²) in [5, 5.41) is 14.7. The third-order valence-corrected chi connectivity index (χ3v) is 4.29. The lowest BCUT2D eigenvalue weighted by Gasteiger charge is -2.35. The van der Waals surface area contributed by atoms with Crippen LogP contribution < -0.4 is 10.2 Å². The van der Waals surface area contributed by atoms with E-state index in [0.717, 1.165) is 25.2 Å². The maximum atomic E-state index is 11.6. The fourth-order valence-corrected chi connectivity index (χ4v) is 3.50. The van der Waals surface area contributed by atoms with Crippen molar-refractivity contribution in [1.82, 2.24) is 4.98 Å². The van der Waals surface area contributed by atoms with Crippen LogP contribution in [0.3, 0.4) is 0 Å². The fraction of sp³-hybridized carbons (Fsp3) is 0.706. The van der Waals surface area contributed by atoms with Gasteiger partial charge in [-0.3, -0.25) is 10.1 Å². The van der Waals surface area contributed by atoms with Gasteiger partial charge in [-0.1, -0.05) is 13.8 Å². The highest BCUT2D eigenvalue weighted by Crippen LogP contribution is 2.37. The average molecular weight is 320 g/mol. The van der Waals surface area contributed by atoms with Crippen LogP contribution in [0, 0.1) is 28.9 Å². The number of pyridine rings is 1. The van der Waals surface area contributed by atoms with Crippen molar-refractivity contribution in [3.63, 3.8) is 0 Å². The minimum Gasteiger partial charge on any atom is -0.366 e. The Labute approximate surface area is 138 Å². The van der Waals surface area contributed by atoms with E-state index in [9.17, 15) is 10.1 Å². The summed E-state index contributed by atoms with van der Waals surface area (Å²) in [6.07, 6.45) is 3.48. The minimum absolute atomic E-state index is 0.114. The van der Waals surface area contributed by atoms with Gasteiger partial charge in [0.1, 0.15) is 5.69 Å². The molecule has 128 valence electrons. The molecule has 1 aromatic heterocycles. The molecule has 0 radical (unpaired) electrons. The highest BCUT2D eigenvalue weighted by Gasteiger charge is 2.29. The Hall–Kier alpha value is -1.85. The maximum absolute atomic E-state index is 11.6. The van der Waals surface area contributed by atoms with E-state index in [0.29, 0.717) is 29.9 Å². The number of anilines is 2. The largest absolute Gasteiger partial charge is 0.366 e. The number of rotatable bonds is 6. The van der Waals surface area contributed by atoms with Gasteiger partial charge >= 0.3 is 5.69 Å². The molecular weight excluding hydrogens is 292 g/mol. The van der Waals surface area contributed by atoms with E-state index in [-0.39, 0.29) is 10.6 Å². The van der Waals surface area contributed by atoms with Gasteiger partial charge < -0.3 is 10.2 Å². The molecule has 1 saturated heterocycles. The second-order valence-corrected chi connectivity index (χ2v) is 6.85. The summed E-state index contributed by atoms with van der Waals surface area (Å²) in [7, 11) is 0. The van der Waals surface area contributed by atoms with E-state index in [1.54, 1.807) is 0 Å². The molecule has 0 aliphatic carbocycles.